The molecule has 5 aromatic rings. The van der Waals surface area contributed by atoms with E-state index in [1.807, 2.05) is 30.3 Å². The van der Waals surface area contributed by atoms with E-state index in [1.165, 1.54) is 22.0 Å². The molecule has 0 amide bonds. The minimum absolute atomic E-state index is 0.148. The fourth-order valence-corrected chi connectivity index (χ4v) is 6.59. The summed E-state index contributed by atoms with van der Waals surface area (Å²) in [4.78, 5) is 44.1. The van der Waals surface area contributed by atoms with Gasteiger partial charge in [-0.05, 0) is 68.8 Å². The van der Waals surface area contributed by atoms with Crippen LogP contribution in [0.4, 0.5) is 5.69 Å². The van der Waals surface area contributed by atoms with E-state index < -0.39 is 16.9 Å². The minimum Gasteiger partial charge on any atom is -0.497 e. The number of aromatic nitrogens is 3. The Balaban J connectivity index is 1.56. The molecule has 2 aromatic heterocycles. The van der Waals surface area contributed by atoms with Gasteiger partial charge in [-0.3, -0.25) is 19.5 Å². The van der Waals surface area contributed by atoms with Crippen molar-refractivity contribution in [3.63, 3.8) is 0 Å². The smallest absolute Gasteiger partial charge is 0.338 e. The lowest BCUT2D eigenvalue weighted by atomic mass is 9.96. The van der Waals surface area contributed by atoms with Crippen LogP contribution in [0.15, 0.2) is 100 Å². The lowest BCUT2D eigenvalue weighted by Gasteiger charge is -2.24. The molecule has 1 aliphatic rings. The van der Waals surface area contributed by atoms with E-state index in [0.717, 1.165) is 5.69 Å². The molecule has 3 heterocycles. The predicted octanol–water partition coefficient (Wildman–Crippen LogP) is 4.97. The van der Waals surface area contributed by atoms with Crippen LogP contribution in [0.2, 0.25) is 0 Å². The van der Waals surface area contributed by atoms with Crippen molar-refractivity contribution < 1.29 is 23.9 Å². The second kappa shape index (κ2) is 13.5. The van der Waals surface area contributed by atoms with Crippen LogP contribution in [-0.4, -0.2) is 45.6 Å². The summed E-state index contributed by atoms with van der Waals surface area (Å²) in [6.07, 6.45) is 3.46. The number of para-hydroxylation sites is 1. The number of benzene rings is 3. The number of carbonyl (C=O) groups is 1. The highest BCUT2D eigenvalue weighted by Crippen LogP contribution is 2.34. The van der Waals surface area contributed by atoms with E-state index >= 15 is 0 Å². The van der Waals surface area contributed by atoms with Crippen LogP contribution in [0.5, 0.6) is 11.5 Å². The van der Waals surface area contributed by atoms with E-state index in [9.17, 15) is 19.7 Å². The van der Waals surface area contributed by atoms with Gasteiger partial charge in [0.1, 0.15) is 11.4 Å². The molecular weight excluding hydrogens is 634 g/mol. The zero-order valence-electron chi connectivity index (χ0n) is 26.6. The molecule has 0 saturated carbocycles. The van der Waals surface area contributed by atoms with Crippen LogP contribution in [-0.2, 0) is 9.53 Å². The molecule has 13 heteroatoms. The summed E-state index contributed by atoms with van der Waals surface area (Å²) in [5.41, 5.74) is 3.02. The maximum Gasteiger partial charge on any atom is 0.338 e. The third kappa shape index (κ3) is 6.02. The maximum absolute atomic E-state index is 14.3. The molecule has 6 rings (SSSR count). The van der Waals surface area contributed by atoms with Gasteiger partial charge in [0.05, 0.1) is 52.8 Å². The van der Waals surface area contributed by atoms with Crippen LogP contribution in [0.25, 0.3) is 23.0 Å². The first-order valence-electron chi connectivity index (χ1n) is 15.1. The van der Waals surface area contributed by atoms with Crippen LogP contribution in [0.1, 0.15) is 37.9 Å². The maximum atomic E-state index is 14.3. The summed E-state index contributed by atoms with van der Waals surface area (Å²) in [5.74, 6) is 0.217. The van der Waals surface area contributed by atoms with Gasteiger partial charge in [-0.15, -0.1) is 0 Å². The molecule has 0 saturated heterocycles. The number of methoxy groups -OCH3 is 1. The molecule has 3 aromatic carbocycles. The molecule has 48 heavy (non-hydrogen) atoms. The number of fused-ring (bicyclic) bond motifs is 1. The number of thiazole rings is 1. The average molecular weight is 666 g/mol. The van der Waals surface area contributed by atoms with E-state index in [-0.39, 0.29) is 35.8 Å². The van der Waals surface area contributed by atoms with Crippen LogP contribution < -0.4 is 24.4 Å². The molecule has 0 radical (unpaired) electrons. The Labute approximate surface area is 278 Å². The van der Waals surface area contributed by atoms with Gasteiger partial charge in [0.15, 0.2) is 10.6 Å². The number of ether oxygens (including phenoxy) is 3. The molecule has 1 unspecified atom stereocenters. The SMILES string of the molecule is CCOC(=O)C1=C(C)N=c2sc(=Cc3cn(-c4ccccc4)nc3-c3ccc(OCC)c([N+](=O)[O-])c3)c(=O)n2C1c1ccc(OC)cc1. The Morgan fingerprint density at radius 1 is 1.06 bits per heavy atom. The second-order valence-corrected chi connectivity index (χ2v) is 11.7. The molecule has 12 nitrogen and oxygen atoms in total. The number of rotatable bonds is 10. The van der Waals surface area contributed by atoms with Crippen LogP contribution >= 0.6 is 11.3 Å². The minimum atomic E-state index is -0.798. The van der Waals surface area contributed by atoms with Crippen molar-refractivity contribution in [3.8, 4) is 28.4 Å². The Bertz CT molecular complexity index is 2240. The van der Waals surface area contributed by atoms with Gasteiger partial charge in [-0.1, -0.05) is 41.7 Å². The number of carbonyl (C=O) groups excluding carboxylic acids is 1. The lowest BCUT2D eigenvalue weighted by Crippen LogP contribution is -2.39. The fraction of sp³-hybridized carbons (Fsp3) is 0.200. The van der Waals surface area contributed by atoms with E-state index in [1.54, 1.807) is 81.2 Å². The Hall–Kier alpha value is -5.82. The first kappa shape index (κ1) is 32.1. The number of hydrogen-bond donors (Lipinski definition) is 0. The average Bonchev–Trinajstić information content (AvgIpc) is 3.65. The van der Waals surface area contributed by atoms with Crippen molar-refractivity contribution in [1.82, 2.24) is 14.3 Å². The molecule has 0 bridgehead atoms. The number of allylic oxidation sites excluding steroid dienone is 1. The summed E-state index contributed by atoms with van der Waals surface area (Å²) >= 11 is 1.17. The van der Waals surface area contributed by atoms with Gasteiger partial charge in [-0.2, -0.15) is 5.10 Å². The molecule has 0 spiro atoms. The van der Waals surface area contributed by atoms with E-state index in [2.05, 4.69) is 4.99 Å². The van der Waals surface area contributed by atoms with Gasteiger partial charge < -0.3 is 14.2 Å². The Morgan fingerprint density at radius 2 is 1.81 bits per heavy atom. The summed E-state index contributed by atoms with van der Waals surface area (Å²) in [7, 11) is 1.56. The van der Waals surface area contributed by atoms with Crippen molar-refractivity contribution >= 4 is 29.1 Å². The topological polar surface area (TPSA) is 140 Å². The Morgan fingerprint density at radius 3 is 2.48 bits per heavy atom. The molecule has 244 valence electrons. The molecule has 0 N–H and O–H groups in total. The van der Waals surface area contributed by atoms with Gasteiger partial charge in [-0.25, -0.2) is 14.5 Å². The van der Waals surface area contributed by atoms with Crippen molar-refractivity contribution in [1.29, 1.82) is 0 Å². The first-order valence-corrected chi connectivity index (χ1v) is 16.0. The van der Waals surface area contributed by atoms with Crippen LogP contribution in [0, 0.1) is 10.1 Å². The monoisotopic (exact) mass is 665 g/mol. The molecule has 1 aliphatic heterocycles. The number of hydrogen-bond acceptors (Lipinski definition) is 10. The molecule has 0 aliphatic carbocycles. The highest BCUT2D eigenvalue weighted by molar-refractivity contribution is 7.07. The largest absolute Gasteiger partial charge is 0.497 e. The van der Waals surface area contributed by atoms with Gasteiger partial charge in [0, 0.05) is 23.4 Å². The quantitative estimate of drug-likeness (QED) is 0.116. The summed E-state index contributed by atoms with van der Waals surface area (Å²) < 4.78 is 19.7. The van der Waals surface area contributed by atoms with Gasteiger partial charge >= 0.3 is 11.7 Å². The van der Waals surface area contributed by atoms with Crippen molar-refractivity contribution in [2.45, 2.75) is 26.8 Å². The second-order valence-electron chi connectivity index (χ2n) is 10.7. The molecule has 0 fully saturated rings. The fourth-order valence-electron chi connectivity index (χ4n) is 5.55. The third-order valence-corrected chi connectivity index (χ3v) is 8.71. The lowest BCUT2D eigenvalue weighted by molar-refractivity contribution is -0.385. The zero-order valence-corrected chi connectivity index (χ0v) is 27.4. The number of nitro benzene ring substituents is 1. The van der Waals surface area contributed by atoms with Crippen molar-refractivity contribution in [3.05, 3.63) is 131 Å². The number of esters is 1. The Kier molecular flexibility index (Phi) is 9.04. The van der Waals surface area contributed by atoms with Crippen molar-refractivity contribution in [2.24, 2.45) is 4.99 Å². The van der Waals surface area contributed by atoms with Crippen LogP contribution in [0.3, 0.4) is 0 Å². The molecule has 1 atom stereocenters. The standard InChI is InChI=1S/C35H31N5O7S/c1-5-46-28-17-14-23(18-27(28)40(43)44)31-24(20-38(37-31)25-10-8-7-9-11-25)19-29-33(41)39-32(22-12-15-26(45-4)16-13-22)30(34(42)47-6-2)21(3)36-35(39)48-29/h7-20,32H,5-6H2,1-4H3. The van der Waals surface area contributed by atoms with Gasteiger partial charge in [0.2, 0.25) is 0 Å². The number of nitrogens with zero attached hydrogens (tertiary/aromatic N) is 5. The molecular formula is C35H31N5O7S. The normalized spacial score (nSPS) is 14.3. The summed E-state index contributed by atoms with van der Waals surface area (Å²) in [6, 6.07) is 20.4. The van der Waals surface area contributed by atoms with Gasteiger partial charge in [0.25, 0.3) is 5.56 Å². The zero-order chi connectivity index (χ0) is 33.9. The van der Waals surface area contributed by atoms with E-state index in [0.29, 0.717) is 43.2 Å². The highest BCUT2D eigenvalue weighted by Gasteiger charge is 2.33. The predicted molar refractivity (Wildman–Crippen MR) is 180 cm³/mol. The van der Waals surface area contributed by atoms with Crippen molar-refractivity contribution in [2.75, 3.05) is 20.3 Å². The highest BCUT2D eigenvalue weighted by atomic mass is 32.1. The first-order chi connectivity index (χ1) is 23.2. The van der Waals surface area contributed by atoms with E-state index in [4.69, 9.17) is 19.3 Å². The third-order valence-electron chi connectivity index (χ3n) is 7.73. The number of nitro groups is 1. The summed E-state index contributed by atoms with van der Waals surface area (Å²) in [6.45, 7) is 5.62. The summed E-state index contributed by atoms with van der Waals surface area (Å²) in [5, 5.41) is 16.8.